The summed E-state index contributed by atoms with van der Waals surface area (Å²) >= 11 is 0. The first-order chi connectivity index (χ1) is 45.4. The van der Waals surface area contributed by atoms with Crippen molar-refractivity contribution in [1.29, 1.82) is 0 Å². The lowest BCUT2D eigenvalue weighted by Gasteiger charge is -2.62. The molecular formula is C62H104O34. The van der Waals surface area contributed by atoms with Crippen LogP contribution in [0.25, 0.3) is 0 Å². The van der Waals surface area contributed by atoms with Crippen molar-refractivity contribution in [3.05, 3.63) is 0 Å². The molecule has 0 unspecified atom stereocenters. The SMILES string of the molecule is C[C@H](CC[C@@]1(O)O[C@H]2[C@@H](O)[C@H]3[C@@H]4CC[C@H]5C[C@@H](O[C@@H]6O[C@H](CO)[C@H](O[C@@H]7O[C@H](CO)[C@@H](O)[C@H](O[C@@H]8OC[C@@H](O)[C@H](O)[C@H]8O)[C@H]7O[C@@H]7O[C@H](CO)[C@H](O)[C@H](O[C@@H]8O[C@H](CO)[C@@H](O)[C@H](O)[C@H]8O)[C@H]7O)[C@H](O)[C@H]6O)[C@H](O)C[C@]5(C)[C@H]4CC[C@]3(C)[C@H]2[C@@H]1C)CO[C@@H]1O[C@@H](C)[C@H](O)[C@@H](O)[C@H]1O. The van der Waals surface area contributed by atoms with Crippen molar-refractivity contribution in [1.82, 2.24) is 0 Å². The number of ether oxygens (including phenoxy) is 13. The van der Waals surface area contributed by atoms with Crippen LogP contribution in [0.4, 0.5) is 0 Å². The zero-order chi connectivity index (χ0) is 69.7. The zero-order valence-electron chi connectivity index (χ0n) is 54.2. The molecule has 21 N–H and O–H groups in total. The van der Waals surface area contributed by atoms with E-state index in [9.17, 15) is 107 Å². The van der Waals surface area contributed by atoms with Crippen molar-refractivity contribution < 1.29 is 169 Å². The van der Waals surface area contributed by atoms with Gasteiger partial charge in [-0.1, -0.05) is 27.7 Å². The maximum Gasteiger partial charge on any atom is 0.187 e. The number of hydrogen-bond donors (Lipinski definition) is 21. The van der Waals surface area contributed by atoms with Crippen LogP contribution < -0.4 is 0 Å². The monoisotopic (exact) mass is 1390 g/mol. The first-order valence-corrected chi connectivity index (χ1v) is 33.9. The smallest absolute Gasteiger partial charge is 0.187 e. The van der Waals surface area contributed by atoms with Gasteiger partial charge in [0.05, 0.1) is 70.2 Å². The summed E-state index contributed by atoms with van der Waals surface area (Å²) in [5, 5.41) is 232. The lowest BCUT2D eigenvalue weighted by molar-refractivity contribution is -0.410. The van der Waals surface area contributed by atoms with Gasteiger partial charge in [0, 0.05) is 18.3 Å². The molecule has 0 aromatic rings. The molecule has 7 aliphatic heterocycles. The Labute approximate surface area is 553 Å². The van der Waals surface area contributed by atoms with Gasteiger partial charge in [0.25, 0.3) is 0 Å². The van der Waals surface area contributed by atoms with Crippen molar-refractivity contribution in [2.24, 2.45) is 52.3 Å². The lowest BCUT2D eigenvalue weighted by atomic mass is 9.44. The molecule has 0 aromatic carbocycles. The number of fused-ring (bicyclic) bond motifs is 7. The molecule has 0 aromatic heterocycles. The van der Waals surface area contributed by atoms with Crippen LogP contribution in [0.3, 0.4) is 0 Å². The predicted molar refractivity (Wildman–Crippen MR) is 312 cm³/mol. The summed E-state index contributed by atoms with van der Waals surface area (Å²) in [5.74, 6) is -2.38. The molecule has 11 rings (SSSR count). The van der Waals surface area contributed by atoms with Crippen molar-refractivity contribution in [3.63, 3.8) is 0 Å². The molecule has 0 radical (unpaired) electrons. The second-order valence-corrected chi connectivity index (χ2v) is 29.7. The summed E-state index contributed by atoms with van der Waals surface area (Å²) < 4.78 is 77.5. The molecule has 0 spiro atoms. The first kappa shape index (κ1) is 75.8. The summed E-state index contributed by atoms with van der Waals surface area (Å²) in [5.41, 5.74) is -0.875. The van der Waals surface area contributed by atoms with Crippen molar-refractivity contribution in [2.75, 3.05) is 39.6 Å². The Balaban J connectivity index is 0.753. The maximum atomic E-state index is 12.4. The minimum atomic E-state index is -2.24. The quantitative estimate of drug-likeness (QED) is 0.0503. The number of rotatable bonds is 20. The Hall–Kier alpha value is -1.36. The molecular weight excluding hydrogens is 1290 g/mol. The summed E-state index contributed by atoms with van der Waals surface area (Å²) in [7, 11) is 0. The lowest BCUT2D eigenvalue weighted by Crippen LogP contribution is -2.69. The highest BCUT2D eigenvalue weighted by molar-refractivity contribution is 5.19. The van der Waals surface area contributed by atoms with E-state index in [-0.39, 0.29) is 67.3 Å². The first-order valence-electron chi connectivity index (χ1n) is 33.9. The Morgan fingerprint density at radius 2 is 1.01 bits per heavy atom. The van der Waals surface area contributed by atoms with E-state index in [0.29, 0.717) is 19.3 Å². The van der Waals surface area contributed by atoms with E-state index in [0.717, 1.165) is 12.8 Å². The third-order valence-corrected chi connectivity index (χ3v) is 23.9. The van der Waals surface area contributed by atoms with Crippen LogP contribution in [0.1, 0.15) is 86.0 Å². The molecule has 4 saturated carbocycles. The number of aliphatic hydroxyl groups is 21. The van der Waals surface area contributed by atoms with E-state index in [1.165, 1.54) is 0 Å². The highest BCUT2D eigenvalue weighted by Gasteiger charge is 2.72. The molecule has 11 aliphatic rings. The molecule has 0 amide bonds. The third-order valence-electron chi connectivity index (χ3n) is 23.9. The van der Waals surface area contributed by atoms with Crippen LogP contribution in [0, 0.1) is 52.3 Å². The van der Waals surface area contributed by atoms with Crippen molar-refractivity contribution in [2.45, 2.75) is 294 Å². The largest absolute Gasteiger partial charge is 0.394 e. The molecule has 0 bridgehead atoms. The number of aliphatic hydroxyl groups excluding tert-OH is 20. The fraction of sp³-hybridized carbons (Fsp3) is 1.00. The molecule has 11 fully saturated rings. The van der Waals surface area contributed by atoms with Gasteiger partial charge in [-0.3, -0.25) is 0 Å². The summed E-state index contributed by atoms with van der Waals surface area (Å²) in [6.07, 6.45) is -51.7. The maximum absolute atomic E-state index is 12.4. The topological polar surface area (TPSA) is 545 Å². The number of hydrogen-bond acceptors (Lipinski definition) is 34. The molecule has 43 atom stereocenters. The van der Waals surface area contributed by atoms with Crippen molar-refractivity contribution in [3.8, 4) is 0 Å². The second kappa shape index (κ2) is 30.0. The third kappa shape index (κ3) is 13.8. The van der Waals surface area contributed by atoms with Gasteiger partial charge in [-0.25, -0.2) is 0 Å². The predicted octanol–water partition coefficient (Wildman–Crippen LogP) is -8.70. The highest BCUT2D eigenvalue weighted by atomic mass is 16.8. The van der Waals surface area contributed by atoms with Gasteiger partial charge in [0.1, 0.15) is 134 Å². The van der Waals surface area contributed by atoms with E-state index in [2.05, 4.69) is 13.8 Å². The van der Waals surface area contributed by atoms with Gasteiger partial charge in [-0.05, 0) is 92.3 Å². The van der Waals surface area contributed by atoms with E-state index in [1.807, 2.05) is 13.8 Å². The fourth-order valence-corrected chi connectivity index (χ4v) is 18.3. The van der Waals surface area contributed by atoms with Crippen LogP contribution in [-0.2, 0) is 61.6 Å². The van der Waals surface area contributed by atoms with E-state index >= 15 is 0 Å². The highest BCUT2D eigenvalue weighted by Crippen LogP contribution is 2.71. The fourth-order valence-electron chi connectivity index (χ4n) is 18.3. The van der Waals surface area contributed by atoms with Gasteiger partial charge in [0.2, 0.25) is 0 Å². The van der Waals surface area contributed by atoms with Crippen LogP contribution in [0.5, 0.6) is 0 Å². The summed E-state index contributed by atoms with van der Waals surface area (Å²) in [6.45, 7) is 5.44. The standard InChI is InChI=1S/C62H104O34/c1-20(18-84-54-45(79)41(75)35(69)22(3)86-54)8-11-62(83)21(2)33-50(96-62)40(74)34-24-7-6-23-12-28(26(67)13-61(23,5)25(24)9-10-60(33,34)4)87-56-47(81)43(77)49(32(17-66)91-56)92-59-53(52(39(73)31(16-65)90-59)94-55-44(78)36(70)27(68)19-85-55)95-58-48(82)51(38(72)30(15-64)89-58)93-57-46(80)42(76)37(71)29(14-63)88-57/h20-59,63-83H,6-19H2,1-5H3/t20-,21+,22+,23+,24-,25+,26-,27-,28-,29-,30-,31-,32-,33+,34-,35+,36+,37-,38+,39-,40+,41-,42+,43-,44-,45-,46-,47-,48-,49+,50-,51+,52+,53-,54-,55+,56-,57+,58+,59+,60-,61+,62-/m1/s1. The second-order valence-electron chi connectivity index (χ2n) is 29.7. The Morgan fingerprint density at radius 1 is 0.469 bits per heavy atom. The average Bonchev–Trinajstić information content (AvgIpc) is 1.50. The van der Waals surface area contributed by atoms with Crippen LogP contribution in [0.15, 0.2) is 0 Å². The Morgan fingerprint density at radius 3 is 1.68 bits per heavy atom. The molecule has 34 heteroatoms. The zero-order valence-corrected chi connectivity index (χ0v) is 54.2. The minimum Gasteiger partial charge on any atom is -0.394 e. The van der Waals surface area contributed by atoms with Crippen LogP contribution in [0.2, 0.25) is 0 Å². The summed E-state index contributed by atoms with van der Waals surface area (Å²) in [4.78, 5) is 0. The Kier molecular flexibility index (Phi) is 23.7. The van der Waals surface area contributed by atoms with E-state index in [4.69, 9.17) is 61.6 Å². The minimum absolute atomic E-state index is 0.0311. The average molecular weight is 1390 g/mol. The molecule has 34 nitrogen and oxygen atoms in total. The van der Waals surface area contributed by atoms with Gasteiger partial charge in [-0.2, -0.15) is 0 Å². The van der Waals surface area contributed by atoms with Gasteiger partial charge in [-0.15, -0.1) is 0 Å². The van der Waals surface area contributed by atoms with Crippen molar-refractivity contribution >= 4 is 0 Å². The molecule has 4 aliphatic carbocycles. The van der Waals surface area contributed by atoms with E-state index in [1.54, 1.807) is 6.92 Å². The van der Waals surface area contributed by atoms with Gasteiger partial charge in [0.15, 0.2) is 43.5 Å². The molecule has 556 valence electrons. The summed E-state index contributed by atoms with van der Waals surface area (Å²) in [6, 6.07) is 0. The normalized spacial score (nSPS) is 56.4. The van der Waals surface area contributed by atoms with Crippen LogP contribution in [-0.4, -0.2) is 355 Å². The van der Waals surface area contributed by atoms with Gasteiger partial charge >= 0.3 is 0 Å². The molecule has 7 heterocycles. The van der Waals surface area contributed by atoms with E-state index < -0.39 is 252 Å². The van der Waals surface area contributed by atoms with Gasteiger partial charge < -0.3 is 169 Å². The molecule has 7 saturated heterocycles. The molecule has 96 heavy (non-hydrogen) atoms. The Bertz CT molecular complexity index is 2520. The van der Waals surface area contributed by atoms with Crippen LogP contribution >= 0.6 is 0 Å².